The highest BCUT2D eigenvalue weighted by Gasteiger charge is 2.24. The zero-order valence-corrected chi connectivity index (χ0v) is 13.9. The molecule has 2 N–H and O–H groups in total. The van der Waals surface area contributed by atoms with Crippen molar-refractivity contribution in [2.75, 3.05) is 7.05 Å². The van der Waals surface area contributed by atoms with Crippen LogP contribution in [0.15, 0.2) is 23.1 Å². The van der Waals surface area contributed by atoms with Gasteiger partial charge in [0.25, 0.3) is 0 Å². The summed E-state index contributed by atoms with van der Waals surface area (Å²) in [6, 6.07) is 3.93. The number of hydrogen-bond acceptors (Lipinski definition) is 3. The second-order valence-electron chi connectivity index (χ2n) is 5.28. The fourth-order valence-corrected chi connectivity index (χ4v) is 3.91. The quantitative estimate of drug-likeness (QED) is 0.775. The second-order valence-corrected chi connectivity index (χ2v) is 6.96. The lowest BCUT2D eigenvalue weighted by Crippen LogP contribution is -2.38. The summed E-state index contributed by atoms with van der Waals surface area (Å²) >= 11 is 0. The summed E-state index contributed by atoms with van der Waals surface area (Å²) in [7, 11) is -2.09. The van der Waals surface area contributed by atoms with Crippen molar-refractivity contribution in [3.63, 3.8) is 0 Å². The molecule has 0 bridgehead atoms. The minimum absolute atomic E-state index is 0.225. The van der Waals surface area contributed by atoms with Crippen LogP contribution in [-0.2, 0) is 16.6 Å². The van der Waals surface area contributed by atoms with Crippen LogP contribution >= 0.6 is 0 Å². The van der Waals surface area contributed by atoms with Gasteiger partial charge in [-0.1, -0.05) is 32.8 Å². The number of halogens is 1. The molecule has 0 aromatic heterocycles. The third-order valence-electron chi connectivity index (χ3n) is 3.76. The fraction of sp³-hybridized carbons (Fsp3) is 0.600. The first kappa shape index (κ1) is 18.1. The number of benzene rings is 1. The summed E-state index contributed by atoms with van der Waals surface area (Å²) in [5, 5.41) is 2.92. The van der Waals surface area contributed by atoms with Crippen molar-refractivity contribution >= 4 is 10.0 Å². The van der Waals surface area contributed by atoms with E-state index < -0.39 is 15.8 Å². The second kappa shape index (κ2) is 7.87. The van der Waals surface area contributed by atoms with Gasteiger partial charge in [0, 0.05) is 12.6 Å². The maximum Gasteiger partial charge on any atom is 0.243 e. The molecule has 6 heteroatoms. The molecule has 4 nitrogen and oxygen atoms in total. The summed E-state index contributed by atoms with van der Waals surface area (Å²) in [5.41, 5.74) is 0.731. The van der Waals surface area contributed by atoms with Crippen LogP contribution in [0.25, 0.3) is 0 Å². The Hall–Kier alpha value is -0.980. The molecule has 0 saturated heterocycles. The smallest absolute Gasteiger partial charge is 0.243 e. The lowest BCUT2D eigenvalue weighted by molar-refractivity contribution is 0.390. The van der Waals surface area contributed by atoms with Gasteiger partial charge in [0.1, 0.15) is 10.7 Å². The van der Waals surface area contributed by atoms with E-state index in [1.807, 2.05) is 20.8 Å². The summed E-state index contributed by atoms with van der Waals surface area (Å²) in [4.78, 5) is -0.284. The minimum Gasteiger partial charge on any atom is -0.316 e. The van der Waals surface area contributed by atoms with E-state index >= 15 is 0 Å². The van der Waals surface area contributed by atoms with Crippen LogP contribution < -0.4 is 10.0 Å². The van der Waals surface area contributed by atoms with Crippen LogP contribution in [0.4, 0.5) is 4.39 Å². The van der Waals surface area contributed by atoms with Gasteiger partial charge in [-0.15, -0.1) is 0 Å². The topological polar surface area (TPSA) is 58.2 Å². The Bertz CT molecular complexity index is 557. The molecule has 0 fully saturated rings. The predicted molar refractivity (Wildman–Crippen MR) is 83.0 cm³/mol. The highest BCUT2D eigenvalue weighted by atomic mass is 32.2. The first-order valence-electron chi connectivity index (χ1n) is 7.31. The molecule has 21 heavy (non-hydrogen) atoms. The molecule has 1 aromatic rings. The van der Waals surface area contributed by atoms with Gasteiger partial charge in [0.05, 0.1) is 0 Å². The summed E-state index contributed by atoms with van der Waals surface area (Å²) in [6.07, 6.45) is 1.75. The van der Waals surface area contributed by atoms with Crippen molar-refractivity contribution in [1.29, 1.82) is 0 Å². The van der Waals surface area contributed by atoms with E-state index in [9.17, 15) is 12.8 Å². The molecule has 0 spiro atoms. The van der Waals surface area contributed by atoms with Crippen LogP contribution in [0.5, 0.6) is 0 Å². The molecule has 0 saturated carbocycles. The van der Waals surface area contributed by atoms with Gasteiger partial charge in [0.15, 0.2) is 0 Å². The van der Waals surface area contributed by atoms with Crippen molar-refractivity contribution in [1.82, 2.24) is 10.0 Å². The monoisotopic (exact) mass is 316 g/mol. The van der Waals surface area contributed by atoms with E-state index in [1.165, 1.54) is 12.1 Å². The van der Waals surface area contributed by atoms with Gasteiger partial charge in [-0.25, -0.2) is 17.5 Å². The highest BCUT2D eigenvalue weighted by molar-refractivity contribution is 7.89. The number of rotatable bonds is 8. The minimum atomic E-state index is -3.85. The molecule has 0 aliphatic rings. The predicted octanol–water partition coefficient (Wildman–Crippen LogP) is 2.65. The summed E-state index contributed by atoms with van der Waals surface area (Å²) in [5.74, 6) is -0.484. The molecular formula is C15H25FN2O2S. The third kappa shape index (κ3) is 4.76. The average molecular weight is 316 g/mol. The Morgan fingerprint density at radius 1 is 1.24 bits per heavy atom. The first-order chi connectivity index (χ1) is 9.85. The molecule has 1 atom stereocenters. The molecule has 0 amide bonds. The molecule has 0 aliphatic heterocycles. The van der Waals surface area contributed by atoms with Gasteiger partial charge < -0.3 is 5.32 Å². The lowest BCUT2D eigenvalue weighted by Gasteiger charge is -2.22. The van der Waals surface area contributed by atoms with E-state index in [0.717, 1.165) is 18.4 Å². The van der Waals surface area contributed by atoms with Crippen molar-refractivity contribution in [2.45, 2.75) is 51.1 Å². The van der Waals surface area contributed by atoms with E-state index in [-0.39, 0.29) is 16.9 Å². The van der Waals surface area contributed by atoms with Gasteiger partial charge in [-0.05, 0) is 37.6 Å². The van der Waals surface area contributed by atoms with Gasteiger partial charge in [-0.3, -0.25) is 0 Å². The zero-order valence-electron chi connectivity index (χ0n) is 13.1. The Morgan fingerprint density at radius 2 is 1.86 bits per heavy atom. The van der Waals surface area contributed by atoms with Crippen LogP contribution in [0.3, 0.4) is 0 Å². The Morgan fingerprint density at radius 3 is 2.38 bits per heavy atom. The van der Waals surface area contributed by atoms with Crippen molar-refractivity contribution in [2.24, 2.45) is 5.92 Å². The molecule has 0 heterocycles. The van der Waals surface area contributed by atoms with Crippen molar-refractivity contribution in [3.8, 4) is 0 Å². The average Bonchev–Trinajstić information content (AvgIpc) is 2.42. The van der Waals surface area contributed by atoms with Crippen LogP contribution in [0.2, 0.25) is 0 Å². The summed E-state index contributed by atoms with van der Waals surface area (Å²) in [6.45, 7) is 6.36. The number of hydrogen-bond donors (Lipinski definition) is 2. The molecule has 120 valence electrons. The Balaban J connectivity index is 3.04. The highest BCUT2D eigenvalue weighted by Crippen LogP contribution is 2.19. The standard InChI is InChI=1S/C15H25FN2O2S/c1-5-13(6-2)11(3)18-21(19,20)15-9-12(10-17-4)7-8-14(15)16/h7-9,11,13,17-18H,5-6,10H2,1-4H3. The molecule has 1 aromatic carbocycles. The van der Waals surface area contributed by atoms with E-state index in [4.69, 9.17) is 0 Å². The number of sulfonamides is 1. The number of nitrogens with one attached hydrogen (secondary N) is 2. The van der Waals surface area contributed by atoms with E-state index in [1.54, 1.807) is 13.1 Å². The van der Waals surface area contributed by atoms with Gasteiger partial charge in [0.2, 0.25) is 10.0 Å². The fourth-order valence-electron chi connectivity index (χ4n) is 2.47. The maximum absolute atomic E-state index is 13.9. The van der Waals surface area contributed by atoms with Crippen LogP contribution in [0, 0.1) is 11.7 Å². The van der Waals surface area contributed by atoms with Crippen molar-refractivity contribution in [3.05, 3.63) is 29.6 Å². The van der Waals surface area contributed by atoms with Crippen LogP contribution in [-0.4, -0.2) is 21.5 Å². The van der Waals surface area contributed by atoms with E-state index in [0.29, 0.717) is 6.54 Å². The zero-order chi connectivity index (χ0) is 16.0. The third-order valence-corrected chi connectivity index (χ3v) is 5.34. The molecule has 1 rings (SSSR count). The van der Waals surface area contributed by atoms with Gasteiger partial charge >= 0.3 is 0 Å². The Labute approximate surface area is 127 Å². The first-order valence-corrected chi connectivity index (χ1v) is 8.79. The van der Waals surface area contributed by atoms with E-state index in [2.05, 4.69) is 10.0 Å². The van der Waals surface area contributed by atoms with Crippen LogP contribution in [0.1, 0.15) is 39.2 Å². The normalized spacial score (nSPS) is 13.6. The SMILES string of the molecule is CCC(CC)C(C)NS(=O)(=O)c1cc(CNC)ccc1F. The lowest BCUT2D eigenvalue weighted by atomic mass is 9.96. The molecule has 0 radical (unpaired) electrons. The molecular weight excluding hydrogens is 291 g/mol. The Kier molecular flexibility index (Phi) is 6.77. The van der Waals surface area contributed by atoms with Gasteiger partial charge in [-0.2, -0.15) is 0 Å². The molecule has 0 aliphatic carbocycles. The maximum atomic E-state index is 13.9. The largest absolute Gasteiger partial charge is 0.316 e. The summed E-state index contributed by atoms with van der Waals surface area (Å²) < 4.78 is 41.2. The van der Waals surface area contributed by atoms with Crippen molar-refractivity contribution < 1.29 is 12.8 Å². The molecule has 1 unspecified atom stereocenters.